The minimum atomic E-state index is -1.34. The van der Waals surface area contributed by atoms with Crippen molar-refractivity contribution in [1.82, 2.24) is 5.32 Å². The van der Waals surface area contributed by atoms with Crippen molar-refractivity contribution in [1.29, 1.82) is 0 Å². The third-order valence-corrected chi connectivity index (χ3v) is 4.35. The van der Waals surface area contributed by atoms with Crippen LogP contribution in [-0.4, -0.2) is 22.9 Å². The minimum Gasteiger partial charge on any atom is -0.477 e. The van der Waals surface area contributed by atoms with Gasteiger partial charge in [0.25, 0.3) is 0 Å². The molecule has 112 valence electrons. The van der Waals surface area contributed by atoms with Crippen LogP contribution in [-0.2, 0) is 4.79 Å². The van der Waals surface area contributed by atoms with Crippen LogP contribution >= 0.6 is 31.9 Å². The molecule has 0 atom stereocenters. The summed E-state index contributed by atoms with van der Waals surface area (Å²) in [7, 11) is 0. The molecule has 2 N–H and O–H groups in total. The van der Waals surface area contributed by atoms with Crippen LogP contribution in [0.3, 0.4) is 0 Å². The van der Waals surface area contributed by atoms with E-state index < -0.39 is 23.1 Å². The van der Waals surface area contributed by atoms with Crippen LogP contribution in [0, 0.1) is 12.7 Å². The Hall–Kier alpha value is -1.21. The summed E-state index contributed by atoms with van der Waals surface area (Å²) in [4.78, 5) is 23.7. The molecule has 0 spiro atoms. The van der Waals surface area contributed by atoms with E-state index in [4.69, 9.17) is 0 Å². The Morgan fingerprint density at radius 2 is 2.00 bits per heavy atom. The molecule has 0 radical (unpaired) electrons. The molecule has 0 heterocycles. The molecule has 0 aromatic heterocycles. The molecule has 1 saturated carbocycles. The summed E-state index contributed by atoms with van der Waals surface area (Å²) < 4.78 is 14.5. The van der Waals surface area contributed by atoms with Gasteiger partial charge in [-0.1, -0.05) is 0 Å². The van der Waals surface area contributed by atoms with Gasteiger partial charge in [0.2, 0.25) is 5.78 Å². The van der Waals surface area contributed by atoms with E-state index in [1.54, 1.807) is 0 Å². The molecule has 0 saturated heterocycles. The van der Waals surface area contributed by atoms with E-state index in [1.165, 1.54) is 19.2 Å². The number of carboxylic acids is 1. The summed E-state index contributed by atoms with van der Waals surface area (Å²) in [5.74, 6) is -2.66. The number of carbonyl (C=O) groups is 2. The zero-order valence-corrected chi connectivity index (χ0v) is 14.2. The summed E-state index contributed by atoms with van der Waals surface area (Å²) in [6, 6.07) is 1.61. The first-order valence-electron chi connectivity index (χ1n) is 6.21. The maximum Gasteiger partial charge on any atom is 0.341 e. The Bertz CT molecular complexity index is 654. The first-order chi connectivity index (χ1) is 9.82. The number of carbonyl (C=O) groups excluding carboxylic acids is 1. The molecule has 1 aliphatic rings. The highest BCUT2D eigenvalue weighted by Gasteiger charge is 2.27. The van der Waals surface area contributed by atoms with Crippen molar-refractivity contribution in [2.45, 2.75) is 25.8 Å². The Morgan fingerprint density at radius 3 is 2.52 bits per heavy atom. The largest absolute Gasteiger partial charge is 0.477 e. The molecule has 21 heavy (non-hydrogen) atoms. The SMILES string of the molecule is Cc1c(F)c(Br)cc(Br)c1C(=O)/C(=C/NC1CC1)C(=O)O. The van der Waals surface area contributed by atoms with Gasteiger partial charge in [-0.2, -0.15) is 0 Å². The van der Waals surface area contributed by atoms with Gasteiger partial charge in [0.15, 0.2) is 0 Å². The van der Waals surface area contributed by atoms with Gasteiger partial charge in [-0.15, -0.1) is 0 Å². The smallest absolute Gasteiger partial charge is 0.341 e. The van der Waals surface area contributed by atoms with E-state index in [-0.39, 0.29) is 21.6 Å². The van der Waals surface area contributed by atoms with Gasteiger partial charge in [0, 0.05) is 22.3 Å². The summed E-state index contributed by atoms with van der Waals surface area (Å²) >= 11 is 6.23. The predicted octanol–water partition coefficient (Wildman–Crippen LogP) is 3.56. The van der Waals surface area contributed by atoms with E-state index in [0.717, 1.165) is 12.8 Å². The molecule has 0 bridgehead atoms. The molecule has 1 fully saturated rings. The first kappa shape index (κ1) is 16.2. The molecule has 0 unspecified atom stereocenters. The van der Waals surface area contributed by atoms with E-state index >= 15 is 0 Å². The van der Waals surface area contributed by atoms with Gasteiger partial charge in [0.05, 0.1) is 4.47 Å². The number of hydrogen-bond donors (Lipinski definition) is 2. The lowest BCUT2D eigenvalue weighted by atomic mass is 9.99. The van der Waals surface area contributed by atoms with Crippen molar-refractivity contribution < 1.29 is 19.1 Å². The zero-order valence-electron chi connectivity index (χ0n) is 11.0. The van der Waals surface area contributed by atoms with Crippen molar-refractivity contribution in [3.63, 3.8) is 0 Å². The summed E-state index contributed by atoms with van der Waals surface area (Å²) in [6.07, 6.45) is 3.11. The van der Waals surface area contributed by atoms with E-state index in [1.807, 2.05) is 0 Å². The number of ketones is 1. The van der Waals surface area contributed by atoms with E-state index in [9.17, 15) is 19.1 Å². The minimum absolute atomic E-state index is 0.0157. The Labute approximate surface area is 137 Å². The molecule has 0 aliphatic heterocycles. The normalized spacial score (nSPS) is 15.0. The summed E-state index contributed by atoms with van der Waals surface area (Å²) in [5, 5.41) is 12.1. The van der Waals surface area contributed by atoms with E-state index in [2.05, 4.69) is 37.2 Å². The number of benzene rings is 1. The molecular weight excluding hydrogens is 409 g/mol. The van der Waals surface area contributed by atoms with Crippen molar-refractivity contribution in [3.05, 3.63) is 43.7 Å². The molecular formula is C14H12Br2FNO3. The van der Waals surface area contributed by atoms with Crippen LogP contribution in [0.15, 0.2) is 26.8 Å². The number of rotatable bonds is 5. The Kier molecular flexibility index (Phi) is 4.83. The fraction of sp³-hybridized carbons (Fsp3) is 0.286. The third-order valence-electron chi connectivity index (χ3n) is 3.15. The van der Waals surface area contributed by atoms with E-state index in [0.29, 0.717) is 4.47 Å². The van der Waals surface area contributed by atoms with Gasteiger partial charge in [0.1, 0.15) is 11.4 Å². The lowest BCUT2D eigenvalue weighted by Gasteiger charge is -2.11. The second-order valence-electron chi connectivity index (χ2n) is 4.79. The third kappa shape index (κ3) is 3.52. The average molecular weight is 421 g/mol. The second kappa shape index (κ2) is 6.27. The Morgan fingerprint density at radius 1 is 1.38 bits per heavy atom. The molecule has 1 aromatic carbocycles. The highest BCUT2D eigenvalue weighted by atomic mass is 79.9. The molecule has 4 nitrogen and oxygen atoms in total. The maximum atomic E-state index is 13.9. The highest BCUT2D eigenvalue weighted by molar-refractivity contribution is 9.11. The zero-order chi connectivity index (χ0) is 15.7. The number of nitrogens with one attached hydrogen (secondary N) is 1. The van der Waals surface area contributed by atoms with Gasteiger partial charge < -0.3 is 10.4 Å². The van der Waals surface area contributed by atoms with Gasteiger partial charge in [-0.25, -0.2) is 9.18 Å². The van der Waals surface area contributed by atoms with Crippen molar-refractivity contribution in [2.24, 2.45) is 0 Å². The van der Waals surface area contributed by atoms with Gasteiger partial charge >= 0.3 is 5.97 Å². The Balaban J connectivity index is 2.43. The average Bonchev–Trinajstić information content (AvgIpc) is 3.20. The standard InChI is InChI=1S/C14H12Br2FNO3/c1-6-11(9(15)4-10(16)12(6)17)13(19)8(14(20)21)5-18-7-2-3-7/h4-5,7,18H,2-3H2,1H3,(H,20,21)/b8-5-. The fourth-order valence-corrected chi connectivity index (χ4v) is 3.34. The van der Waals surface area contributed by atoms with Crippen LogP contribution in [0.1, 0.15) is 28.8 Å². The highest BCUT2D eigenvalue weighted by Crippen LogP contribution is 2.31. The number of aliphatic carboxylic acids is 1. The summed E-state index contributed by atoms with van der Waals surface area (Å²) in [6.45, 7) is 1.44. The first-order valence-corrected chi connectivity index (χ1v) is 7.79. The quantitative estimate of drug-likeness (QED) is 0.251. The van der Waals surface area contributed by atoms with Crippen LogP contribution in [0.2, 0.25) is 0 Å². The molecule has 1 aromatic rings. The molecule has 2 rings (SSSR count). The molecule has 7 heteroatoms. The number of halogens is 3. The summed E-state index contributed by atoms with van der Waals surface area (Å²) in [5.41, 5.74) is -0.297. The lowest BCUT2D eigenvalue weighted by molar-refractivity contribution is -0.132. The van der Waals surface area contributed by atoms with Crippen LogP contribution in [0.25, 0.3) is 0 Å². The van der Waals surface area contributed by atoms with Crippen LogP contribution in [0.4, 0.5) is 4.39 Å². The van der Waals surface area contributed by atoms with Crippen molar-refractivity contribution in [2.75, 3.05) is 0 Å². The number of Topliss-reactive ketones (excluding diaryl/α,β-unsaturated/α-hetero) is 1. The van der Waals surface area contributed by atoms with Crippen LogP contribution < -0.4 is 5.32 Å². The van der Waals surface area contributed by atoms with Gasteiger partial charge in [-0.05, 0) is 63.3 Å². The number of carboxylic acid groups (broad SMARTS) is 1. The molecule has 1 aliphatic carbocycles. The van der Waals surface area contributed by atoms with Crippen molar-refractivity contribution in [3.8, 4) is 0 Å². The molecule has 0 amide bonds. The van der Waals surface area contributed by atoms with Crippen molar-refractivity contribution >= 4 is 43.6 Å². The number of hydrogen-bond acceptors (Lipinski definition) is 3. The monoisotopic (exact) mass is 419 g/mol. The lowest BCUT2D eigenvalue weighted by Crippen LogP contribution is -2.19. The maximum absolute atomic E-state index is 13.9. The topological polar surface area (TPSA) is 66.4 Å². The fourth-order valence-electron chi connectivity index (χ4n) is 1.80. The van der Waals surface area contributed by atoms with Gasteiger partial charge in [-0.3, -0.25) is 4.79 Å². The predicted molar refractivity (Wildman–Crippen MR) is 82.7 cm³/mol. The second-order valence-corrected chi connectivity index (χ2v) is 6.50. The van der Waals surface area contributed by atoms with Crippen LogP contribution in [0.5, 0.6) is 0 Å².